The van der Waals surface area contributed by atoms with Crippen LogP contribution in [0, 0.1) is 11.3 Å². The number of carbonyl (C=O) groups excluding carboxylic acids is 2. The molecule has 5 nitrogen and oxygen atoms in total. The van der Waals surface area contributed by atoms with E-state index in [0.717, 1.165) is 27.6 Å². The van der Waals surface area contributed by atoms with Crippen molar-refractivity contribution in [3.63, 3.8) is 0 Å². The molecule has 0 saturated heterocycles. The first-order valence-electron chi connectivity index (χ1n) is 10.4. The van der Waals surface area contributed by atoms with Gasteiger partial charge in [-0.25, -0.2) is 4.79 Å². The van der Waals surface area contributed by atoms with Gasteiger partial charge in [-0.15, -0.1) is 11.3 Å². The third-order valence-corrected chi connectivity index (χ3v) is 6.79. The minimum absolute atomic E-state index is 0.154. The number of methoxy groups -OCH3 is 1. The highest BCUT2D eigenvalue weighted by molar-refractivity contribution is 7.10. The van der Waals surface area contributed by atoms with Crippen LogP contribution in [0.3, 0.4) is 0 Å². The van der Waals surface area contributed by atoms with Crippen LogP contribution in [-0.4, -0.2) is 18.9 Å². The van der Waals surface area contributed by atoms with Crippen molar-refractivity contribution >= 4 is 23.1 Å². The molecule has 6 heteroatoms. The quantitative estimate of drug-likeness (QED) is 0.670. The van der Waals surface area contributed by atoms with E-state index >= 15 is 0 Å². The van der Waals surface area contributed by atoms with Gasteiger partial charge >= 0.3 is 5.97 Å². The smallest absolute Gasteiger partial charge is 0.336 e. The average Bonchev–Trinajstić information content (AvgIpc) is 3.25. The van der Waals surface area contributed by atoms with Gasteiger partial charge in [0.25, 0.3) is 0 Å². The molecule has 31 heavy (non-hydrogen) atoms. The molecule has 0 radical (unpaired) electrons. The Balaban J connectivity index is 1.65. The van der Waals surface area contributed by atoms with Gasteiger partial charge in [0, 0.05) is 28.6 Å². The number of rotatable bonds is 5. The molecular weight excluding hydrogens is 410 g/mol. The zero-order valence-corrected chi connectivity index (χ0v) is 19.0. The molecule has 2 unspecified atom stereocenters. The lowest BCUT2D eigenvalue weighted by Gasteiger charge is -2.40. The van der Waals surface area contributed by atoms with Crippen molar-refractivity contribution in [2.24, 2.45) is 11.3 Å². The number of Topliss-reactive ketones (excluding diaryl/α,β-unsaturated/α-hetero) is 1. The van der Waals surface area contributed by atoms with E-state index in [0.29, 0.717) is 12.0 Å². The first kappa shape index (κ1) is 21.4. The van der Waals surface area contributed by atoms with E-state index in [-0.39, 0.29) is 29.6 Å². The van der Waals surface area contributed by atoms with Gasteiger partial charge in [-0.05, 0) is 41.5 Å². The first-order chi connectivity index (χ1) is 14.8. The van der Waals surface area contributed by atoms with Crippen LogP contribution in [0.25, 0.3) is 0 Å². The number of nitrogens with one attached hydrogen (secondary N) is 1. The van der Waals surface area contributed by atoms with E-state index in [1.807, 2.05) is 48.7 Å². The Morgan fingerprint density at radius 3 is 2.58 bits per heavy atom. The van der Waals surface area contributed by atoms with Gasteiger partial charge in [-0.1, -0.05) is 38.1 Å². The summed E-state index contributed by atoms with van der Waals surface area (Å²) in [5.74, 6) is -0.212. The maximum atomic E-state index is 13.2. The number of carbonyl (C=O) groups is 2. The van der Waals surface area contributed by atoms with Crippen molar-refractivity contribution < 1.29 is 19.1 Å². The number of hydrogen-bond acceptors (Lipinski definition) is 6. The third kappa shape index (κ3) is 4.30. The molecule has 0 saturated carbocycles. The van der Waals surface area contributed by atoms with E-state index in [1.54, 1.807) is 18.4 Å². The number of ketones is 1. The van der Waals surface area contributed by atoms with E-state index in [1.165, 1.54) is 0 Å². The predicted octanol–water partition coefficient (Wildman–Crippen LogP) is 4.96. The molecule has 1 N–H and O–H groups in total. The van der Waals surface area contributed by atoms with Crippen LogP contribution in [0.5, 0.6) is 5.75 Å². The molecule has 0 fully saturated rings. The van der Waals surface area contributed by atoms with Crippen molar-refractivity contribution in [1.29, 1.82) is 0 Å². The zero-order chi connectivity index (χ0) is 22.2. The largest absolute Gasteiger partial charge is 0.497 e. The molecular formula is C25H27NO4S. The van der Waals surface area contributed by atoms with Crippen LogP contribution in [0.2, 0.25) is 0 Å². The van der Waals surface area contributed by atoms with Gasteiger partial charge in [0.2, 0.25) is 0 Å². The maximum absolute atomic E-state index is 13.2. The zero-order valence-electron chi connectivity index (χ0n) is 18.2. The lowest BCUT2D eigenvalue weighted by Crippen LogP contribution is -2.43. The molecule has 162 valence electrons. The molecule has 2 heterocycles. The summed E-state index contributed by atoms with van der Waals surface area (Å²) in [5.41, 5.74) is 2.84. The summed E-state index contributed by atoms with van der Waals surface area (Å²) in [6.45, 7) is 6.17. The Morgan fingerprint density at radius 2 is 1.94 bits per heavy atom. The number of thiophene rings is 1. The van der Waals surface area contributed by atoms with E-state index < -0.39 is 5.97 Å². The summed E-state index contributed by atoms with van der Waals surface area (Å²) >= 11 is 1.57. The highest BCUT2D eigenvalue weighted by atomic mass is 32.1. The van der Waals surface area contributed by atoms with Gasteiger partial charge in [-0.2, -0.15) is 0 Å². The molecule has 1 aliphatic heterocycles. The monoisotopic (exact) mass is 437 g/mol. The molecule has 0 amide bonds. The predicted molar refractivity (Wildman–Crippen MR) is 121 cm³/mol. The standard InChI is InChI=1S/C25H27NO4S/c1-15-21(24(28)30-14-16-7-9-17(29-4)10-8-16)23(20-6-5-11-31-20)22-18(26-15)12-25(2,3)13-19(22)27/h5-12,22-23,26H,13-14H2,1-4H3. The van der Waals surface area contributed by atoms with Crippen molar-refractivity contribution in [3.05, 3.63) is 75.3 Å². The van der Waals surface area contributed by atoms with E-state index in [4.69, 9.17) is 9.47 Å². The lowest BCUT2D eigenvalue weighted by molar-refractivity contribution is -0.141. The number of benzene rings is 1. The van der Waals surface area contributed by atoms with Crippen LogP contribution >= 0.6 is 11.3 Å². The van der Waals surface area contributed by atoms with Crippen molar-refractivity contribution in [2.45, 2.75) is 39.7 Å². The summed E-state index contributed by atoms with van der Waals surface area (Å²) in [6, 6.07) is 11.4. The second-order valence-corrected chi connectivity index (χ2v) is 9.77. The van der Waals surface area contributed by atoms with Gasteiger partial charge in [0.15, 0.2) is 0 Å². The second kappa shape index (κ2) is 8.35. The molecule has 1 aromatic carbocycles. The van der Waals surface area contributed by atoms with Crippen molar-refractivity contribution in [3.8, 4) is 5.75 Å². The van der Waals surface area contributed by atoms with Crippen LogP contribution in [0.4, 0.5) is 0 Å². The van der Waals surface area contributed by atoms with Crippen LogP contribution in [0.15, 0.2) is 64.8 Å². The van der Waals surface area contributed by atoms with Crippen LogP contribution < -0.4 is 10.1 Å². The Kier molecular flexibility index (Phi) is 5.75. The second-order valence-electron chi connectivity index (χ2n) is 8.79. The first-order valence-corrected chi connectivity index (χ1v) is 11.2. The third-order valence-electron chi connectivity index (χ3n) is 5.84. The summed E-state index contributed by atoms with van der Waals surface area (Å²) in [4.78, 5) is 27.5. The summed E-state index contributed by atoms with van der Waals surface area (Å²) in [5, 5.41) is 5.33. The Hall–Kier alpha value is -2.86. The van der Waals surface area contributed by atoms with Crippen LogP contribution in [-0.2, 0) is 20.9 Å². The topological polar surface area (TPSA) is 64.6 Å². The highest BCUT2D eigenvalue weighted by Crippen LogP contribution is 2.48. The lowest BCUT2D eigenvalue weighted by atomic mass is 9.68. The van der Waals surface area contributed by atoms with Gasteiger partial charge in [0.05, 0.1) is 18.6 Å². The summed E-state index contributed by atoms with van der Waals surface area (Å²) < 4.78 is 10.9. The fourth-order valence-corrected chi connectivity index (χ4v) is 5.33. The summed E-state index contributed by atoms with van der Waals surface area (Å²) in [6.07, 6.45) is 2.60. The molecule has 1 aromatic heterocycles. The minimum atomic E-state index is -0.393. The number of ether oxygens (including phenoxy) is 2. The summed E-state index contributed by atoms with van der Waals surface area (Å²) in [7, 11) is 1.61. The molecule has 0 bridgehead atoms. The Morgan fingerprint density at radius 1 is 1.19 bits per heavy atom. The highest BCUT2D eigenvalue weighted by Gasteiger charge is 2.46. The average molecular weight is 438 g/mol. The number of esters is 1. The van der Waals surface area contributed by atoms with Gasteiger partial charge in [0.1, 0.15) is 18.1 Å². The van der Waals surface area contributed by atoms with Crippen LogP contribution in [0.1, 0.15) is 43.6 Å². The fraction of sp³-hybridized carbons (Fsp3) is 0.360. The molecule has 2 aliphatic rings. The SMILES string of the molecule is COc1ccc(COC(=O)C2=C(C)NC3=CC(C)(C)CC(=O)C3C2c2cccs2)cc1. The van der Waals surface area contributed by atoms with Gasteiger partial charge in [-0.3, -0.25) is 4.79 Å². The van der Waals surface area contributed by atoms with Gasteiger partial charge < -0.3 is 14.8 Å². The normalized spacial score (nSPS) is 22.3. The molecule has 2 atom stereocenters. The van der Waals surface area contributed by atoms with E-state index in [9.17, 15) is 9.59 Å². The maximum Gasteiger partial charge on any atom is 0.336 e. The number of hydrogen-bond donors (Lipinski definition) is 1. The van der Waals surface area contributed by atoms with Crippen molar-refractivity contribution in [2.75, 3.05) is 7.11 Å². The molecule has 2 aromatic rings. The fourth-order valence-electron chi connectivity index (χ4n) is 4.46. The number of allylic oxidation sites excluding steroid dienone is 3. The molecule has 0 spiro atoms. The van der Waals surface area contributed by atoms with E-state index in [2.05, 4.69) is 25.2 Å². The van der Waals surface area contributed by atoms with Crippen molar-refractivity contribution in [1.82, 2.24) is 5.32 Å². The molecule has 4 rings (SSSR count). The molecule has 1 aliphatic carbocycles. The Labute approximate surface area is 186 Å². The number of fused-ring (bicyclic) bond motifs is 1. The Bertz CT molecular complexity index is 1050. The minimum Gasteiger partial charge on any atom is -0.497 e.